The third-order valence-electron chi connectivity index (χ3n) is 12.0. The van der Waals surface area contributed by atoms with E-state index in [2.05, 4.69) is 146 Å². The summed E-state index contributed by atoms with van der Waals surface area (Å²) in [6.07, 6.45) is 8.18. The summed E-state index contributed by atoms with van der Waals surface area (Å²) < 4.78 is 0. The molecule has 7 aliphatic rings. The second kappa shape index (κ2) is 14.9. The van der Waals surface area contributed by atoms with Gasteiger partial charge in [0, 0.05) is 0 Å². The number of carbonyl (C=O) groups is 1. The van der Waals surface area contributed by atoms with Crippen LogP contribution in [0.3, 0.4) is 0 Å². The summed E-state index contributed by atoms with van der Waals surface area (Å²) in [7, 11) is 0. The first-order chi connectivity index (χ1) is 23.4. The van der Waals surface area contributed by atoms with Crippen molar-refractivity contribution in [3.63, 3.8) is 0 Å². The third-order valence-corrected chi connectivity index (χ3v) is 12.0. The number of carboxylic acid groups (broad SMARTS) is 1. The highest BCUT2D eigenvalue weighted by Crippen LogP contribution is 2.36. The van der Waals surface area contributed by atoms with E-state index in [1.54, 1.807) is 0 Å². The number of hydrogen-bond donors (Lipinski definition) is 2. The highest BCUT2D eigenvalue weighted by Gasteiger charge is 2.27. The van der Waals surface area contributed by atoms with Crippen LogP contribution in [0, 0.1) is 0 Å². The van der Waals surface area contributed by atoms with Crippen molar-refractivity contribution in [3.05, 3.63) is 141 Å². The SMILES string of the molecule is CC1(C)CCc2ccc(cc2)CC(C)(C)c2ccc(cc2)C(C)(C)CCc2ccc(cc2CCC(N)C(=O)O)CCC(C)(C)c2ccc1cc2. The van der Waals surface area contributed by atoms with Gasteiger partial charge < -0.3 is 10.8 Å². The van der Waals surface area contributed by atoms with Gasteiger partial charge in [0.2, 0.25) is 0 Å². The first kappa shape index (κ1) is 37.6. The highest BCUT2D eigenvalue weighted by atomic mass is 16.4. The van der Waals surface area contributed by atoms with Crippen LogP contribution in [-0.2, 0) is 58.6 Å². The smallest absolute Gasteiger partial charge is 0.320 e. The van der Waals surface area contributed by atoms with Crippen molar-refractivity contribution in [2.24, 2.45) is 5.73 Å². The zero-order valence-electron chi connectivity index (χ0n) is 32.0. The van der Waals surface area contributed by atoms with Crippen molar-refractivity contribution in [1.29, 1.82) is 0 Å². The number of hydrogen-bond acceptors (Lipinski definition) is 2. The van der Waals surface area contributed by atoms with Gasteiger partial charge in [-0.2, -0.15) is 0 Å². The zero-order chi connectivity index (χ0) is 36.3. The molecule has 4 aromatic rings. The Morgan fingerprint density at radius 2 is 0.980 bits per heavy atom. The van der Waals surface area contributed by atoms with Crippen LogP contribution in [0.1, 0.15) is 131 Å². The van der Waals surface area contributed by atoms with E-state index in [9.17, 15) is 9.90 Å². The Hall–Kier alpha value is -3.69. The maximum atomic E-state index is 11.6. The fourth-order valence-corrected chi connectivity index (χ4v) is 7.72. The topological polar surface area (TPSA) is 63.3 Å². The van der Waals surface area contributed by atoms with Crippen LogP contribution in [-0.4, -0.2) is 17.1 Å². The summed E-state index contributed by atoms with van der Waals surface area (Å²) in [6.45, 7) is 18.8. The summed E-state index contributed by atoms with van der Waals surface area (Å²) in [5.41, 5.74) is 18.2. The number of aryl methyl sites for hydroxylation is 4. The molecule has 3 heteroatoms. The lowest BCUT2D eigenvalue weighted by atomic mass is 9.75. The normalized spacial score (nSPS) is 19.2. The molecule has 8 bridgehead atoms. The molecule has 4 aromatic carbocycles. The van der Waals surface area contributed by atoms with Crippen LogP contribution < -0.4 is 5.73 Å². The summed E-state index contributed by atoms with van der Waals surface area (Å²) >= 11 is 0. The largest absolute Gasteiger partial charge is 0.480 e. The van der Waals surface area contributed by atoms with E-state index >= 15 is 0 Å². The fraction of sp³-hybridized carbons (Fsp3) is 0.468. The average Bonchev–Trinajstić information content (AvgIpc) is 3.08. The molecule has 1 atom stereocenters. The maximum absolute atomic E-state index is 11.6. The van der Waals surface area contributed by atoms with Crippen molar-refractivity contribution in [2.75, 3.05) is 0 Å². The Morgan fingerprint density at radius 3 is 1.46 bits per heavy atom. The molecule has 1 unspecified atom stereocenters. The van der Waals surface area contributed by atoms with Crippen LogP contribution in [0.5, 0.6) is 0 Å². The lowest BCUT2D eigenvalue weighted by Gasteiger charge is -2.29. The average molecular weight is 672 g/mol. The first-order valence-corrected chi connectivity index (χ1v) is 18.8. The van der Waals surface area contributed by atoms with Gasteiger partial charge in [0.15, 0.2) is 0 Å². The van der Waals surface area contributed by atoms with E-state index in [1.807, 2.05) is 0 Å². The Balaban J connectivity index is 1.47. The summed E-state index contributed by atoms with van der Waals surface area (Å²) in [5, 5.41) is 9.50. The molecule has 7 aliphatic carbocycles. The van der Waals surface area contributed by atoms with Gasteiger partial charge in [0.05, 0.1) is 0 Å². The Morgan fingerprint density at radius 1 is 0.580 bits per heavy atom. The lowest BCUT2D eigenvalue weighted by Crippen LogP contribution is -2.30. The fourth-order valence-electron chi connectivity index (χ4n) is 7.72. The molecule has 0 saturated heterocycles. The van der Waals surface area contributed by atoms with Crippen LogP contribution in [0.25, 0.3) is 0 Å². The number of aliphatic carboxylic acids is 1. The van der Waals surface area contributed by atoms with E-state index in [0.717, 1.165) is 44.9 Å². The molecule has 0 amide bonds. The molecule has 0 aliphatic heterocycles. The number of benzene rings is 4. The second-order valence-corrected chi connectivity index (χ2v) is 17.8. The highest BCUT2D eigenvalue weighted by molar-refractivity contribution is 5.73. The molecule has 266 valence electrons. The Kier molecular flexibility index (Phi) is 11.2. The monoisotopic (exact) mass is 671 g/mol. The van der Waals surface area contributed by atoms with Crippen molar-refractivity contribution in [3.8, 4) is 0 Å². The van der Waals surface area contributed by atoms with E-state index in [1.165, 1.54) is 50.1 Å². The third kappa shape index (κ3) is 9.15. The summed E-state index contributed by atoms with van der Waals surface area (Å²) in [6, 6.07) is 34.1. The molecule has 3 nitrogen and oxygen atoms in total. The van der Waals surface area contributed by atoms with Crippen LogP contribution in [0.2, 0.25) is 0 Å². The molecular weight excluding hydrogens is 611 g/mol. The standard InChI is InChI=1S/C47H61NO2/c1-44(2)28-25-33-9-11-35(12-10-33)32-47(7,8)41-22-20-40(21-23-41)46(5,6)30-27-36-14-13-34(31-37(36)15-24-42(48)43(49)50)26-29-45(3,4)39-18-16-38(44)17-19-39/h9-14,16-23,31,42H,15,24-30,32,48H2,1-8H3,(H,49,50). The predicted octanol–water partition coefficient (Wildman–Crippen LogP) is 10.6. The molecule has 0 saturated carbocycles. The minimum Gasteiger partial charge on any atom is -0.480 e. The van der Waals surface area contributed by atoms with Crippen molar-refractivity contribution in [1.82, 2.24) is 0 Å². The molecule has 0 radical (unpaired) electrons. The van der Waals surface area contributed by atoms with Crippen LogP contribution in [0.15, 0.2) is 91.0 Å². The van der Waals surface area contributed by atoms with Crippen molar-refractivity contribution < 1.29 is 9.90 Å². The number of carboxylic acids is 1. The Bertz CT molecular complexity index is 1740. The minimum atomic E-state index is -0.933. The van der Waals surface area contributed by atoms with Crippen LogP contribution in [0.4, 0.5) is 0 Å². The predicted molar refractivity (Wildman–Crippen MR) is 210 cm³/mol. The number of nitrogens with two attached hydrogens (primary N) is 1. The summed E-state index contributed by atoms with van der Waals surface area (Å²) in [5.74, 6) is -0.933. The van der Waals surface area contributed by atoms with E-state index in [0.29, 0.717) is 12.8 Å². The van der Waals surface area contributed by atoms with Gasteiger partial charge in [-0.3, -0.25) is 4.79 Å². The van der Waals surface area contributed by atoms with E-state index in [-0.39, 0.29) is 21.7 Å². The van der Waals surface area contributed by atoms with Gasteiger partial charge in [0.25, 0.3) is 0 Å². The van der Waals surface area contributed by atoms with E-state index < -0.39 is 12.0 Å². The van der Waals surface area contributed by atoms with Gasteiger partial charge in [-0.15, -0.1) is 0 Å². The molecule has 0 fully saturated rings. The van der Waals surface area contributed by atoms with Gasteiger partial charge in [-0.1, -0.05) is 146 Å². The zero-order valence-corrected chi connectivity index (χ0v) is 32.0. The molecular formula is C47H61NO2. The summed E-state index contributed by atoms with van der Waals surface area (Å²) in [4.78, 5) is 11.6. The number of rotatable bonds is 4. The quantitative estimate of drug-likeness (QED) is 0.227. The molecule has 0 aromatic heterocycles. The molecule has 3 N–H and O–H groups in total. The lowest BCUT2D eigenvalue weighted by molar-refractivity contribution is -0.138. The molecule has 0 spiro atoms. The molecule has 0 heterocycles. The van der Waals surface area contributed by atoms with Gasteiger partial charge in [-0.05, 0) is 130 Å². The maximum Gasteiger partial charge on any atom is 0.320 e. The van der Waals surface area contributed by atoms with Crippen molar-refractivity contribution >= 4 is 5.97 Å². The van der Waals surface area contributed by atoms with Crippen molar-refractivity contribution in [2.45, 2.75) is 141 Å². The second-order valence-electron chi connectivity index (χ2n) is 17.8. The molecule has 50 heavy (non-hydrogen) atoms. The first-order valence-electron chi connectivity index (χ1n) is 18.8. The van der Waals surface area contributed by atoms with Crippen LogP contribution >= 0.6 is 0 Å². The van der Waals surface area contributed by atoms with Gasteiger partial charge >= 0.3 is 5.97 Å². The molecule has 11 rings (SSSR count). The van der Waals surface area contributed by atoms with Gasteiger partial charge in [0.1, 0.15) is 6.04 Å². The van der Waals surface area contributed by atoms with Gasteiger partial charge in [-0.25, -0.2) is 0 Å². The minimum absolute atomic E-state index is 0.0102. The van der Waals surface area contributed by atoms with E-state index in [4.69, 9.17) is 5.73 Å². The Labute approximate surface area is 302 Å².